The number of hydrogen-bond acceptors (Lipinski definition) is 5. The molecule has 0 bridgehead atoms. The number of imidazole rings is 1. The molecule has 1 saturated heterocycles. The predicted molar refractivity (Wildman–Crippen MR) is 118 cm³/mol. The molecule has 7 heteroatoms. The predicted octanol–water partition coefficient (Wildman–Crippen LogP) is 3.38. The lowest BCUT2D eigenvalue weighted by Crippen LogP contribution is -2.36. The molecule has 2 aromatic heterocycles. The number of fused-ring (bicyclic) bond motifs is 3. The molecule has 3 aromatic rings. The molecule has 0 spiro atoms. The van der Waals surface area contributed by atoms with Crippen LogP contribution < -0.4 is 10.9 Å². The van der Waals surface area contributed by atoms with Gasteiger partial charge in [0.2, 0.25) is 0 Å². The minimum Gasteiger partial charge on any atom is -0.351 e. The lowest BCUT2D eigenvalue weighted by molar-refractivity contribution is 0.0954. The van der Waals surface area contributed by atoms with Gasteiger partial charge < -0.3 is 10.2 Å². The van der Waals surface area contributed by atoms with Crippen molar-refractivity contribution in [3.8, 4) is 0 Å². The van der Waals surface area contributed by atoms with E-state index in [1.807, 2.05) is 26.0 Å². The van der Waals surface area contributed by atoms with Crippen LogP contribution in [0.5, 0.6) is 0 Å². The van der Waals surface area contributed by atoms with Crippen LogP contribution in [-0.2, 0) is 0 Å². The van der Waals surface area contributed by atoms with Gasteiger partial charge in [-0.3, -0.25) is 14.0 Å². The van der Waals surface area contributed by atoms with Gasteiger partial charge in [0, 0.05) is 19.2 Å². The second kappa shape index (κ2) is 8.24. The molecule has 0 aliphatic carbocycles. The van der Waals surface area contributed by atoms with Gasteiger partial charge in [0.05, 0.1) is 11.0 Å². The Bertz CT molecular complexity index is 1120. The van der Waals surface area contributed by atoms with Gasteiger partial charge in [0.25, 0.3) is 11.5 Å². The average molecular weight is 413 g/mol. The molecule has 0 unspecified atom stereocenters. The zero-order valence-electron chi connectivity index (χ0n) is 17.3. The summed E-state index contributed by atoms with van der Waals surface area (Å²) in [6.45, 7) is 10.3. The standard InChI is InChI=1S/C22H28N4O2S/c1-14-6-4-8-25(13-14)9-5-7-23-21(28)19-12-20(27)26-18-11-16(3)15(2)10-17(18)24-22(26)29-19/h10-12,14H,4-9,13H2,1-3H3,(H,23,28)/t14-/m1/s1. The number of nitrogens with one attached hydrogen (secondary N) is 1. The maximum atomic E-state index is 12.7. The topological polar surface area (TPSA) is 66.7 Å². The molecule has 4 rings (SSSR count). The van der Waals surface area contributed by atoms with Gasteiger partial charge in [0.1, 0.15) is 4.88 Å². The zero-order valence-corrected chi connectivity index (χ0v) is 18.1. The molecule has 1 aromatic carbocycles. The molecule has 1 aliphatic rings. The highest BCUT2D eigenvalue weighted by Gasteiger charge is 2.17. The number of rotatable bonds is 5. The molecule has 1 fully saturated rings. The molecular formula is C22H28N4O2S. The molecule has 1 aliphatic heterocycles. The summed E-state index contributed by atoms with van der Waals surface area (Å²) < 4.78 is 1.60. The van der Waals surface area contributed by atoms with E-state index in [9.17, 15) is 9.59 Å². The van der Waals surface area contributed by atoms with E-state index in [0.717, 1.165) is 54.1 Å². The van der Waals surface area contributed by atoms with Crippen LogP contribution in [0.2, 0.25) is 0 Å². The summed E-state index contributed by atoms with van der Waals surface area (Å²) in [7, 11) is 0. The largest absolute Gasteiger partial charge is 0.351 e. The van der Waals surface area contributed by atoms with Crippen LogP contribution in [0.1, 0.15) is 47.0 Å². The number of aromatic nitrogens is 2. The second-order valence-electron chi connectivity index (χ2n) is 8.26. The molecule has 29 heavy (non-hydrogen) atoms. The van der Waals surface area contributed by atoms with E-state index in [1.54, 1.807) is 4.40 Å². The maximum absolute atomic E-state index is 12.7. The summed E-state index contributed by atoms with van der Waals surface area (Å²) >= 11 is 1.26. The second-order valence-corrected chi connectivity index (χ2v) is 9.27. The van der Waals surface area contributed by atoms with E-state index in [2.05, 4.69) is 22.1 Å². The molecule has 3 heterocycles. The molecule has 6 nitrogen and oxygen atoms in total. The number of carbonyl (C=O) groups excluding carboxylic acids is 1. The van der Waals surface area contributed by atoms with E-state index in [4.69, 9.17) is 0 Å². The number of benzene rings is 1. The van der Waals surface area contributed by atoms with Crippen LogP contribution in [0.25, 0.3) is 16.0 Å². The lowest BCUT2D eigenvalue weighted by Gasteiger charge is -2.30. The smallest absolute Gasteiger partial charge is 0.261 e. The highest BCUT2D eigenvalue weighted by Crippen LogP contribution is 2.22. The lowest BCUT2D eigenvalue weighted by atomic mass is 10.0. The summed E-state index contributed by atoms with van der Waals surface area (Å²) in [5.74, 6) is 0.570. The average Bonchev–Trinajstić information content (AvgIpc) is 3.03. The maximum Gasteiger partial charge on any atom is 0.261 e. The van der Waals surface area contributed by atoms with E-state index >= 15 is 0 Å². The first-order valence-corrected chi connectivity index (χ1v) is 11.2. The number of aryl methyl sites for hydroxylation is 2. The molecule has 1 amide bonds. The first-order chi connectivity index (χ1) is 13.9. The summed E-state index contributed by atoms with van der Waals surface area (Å²) in [4.78, 5) is 33.3. The van der Waals surface area contributed by atoms with Gasteiger partial charge in [-0.25, -0.2) is 4.98 Å². The van der Waals surface area contributed by atoms with E-state index in [-0.39, 0.29) is 11.5 Å². The van der Waals surface area contributed by atoms with Crippen LogP contribution in [0, 0.1) is 19.8 Å². The van der Waals surface area contributed by atoms with Crippen molar-refractivity contribution < 1.29 is 4.79 Å². The van der Waals surface area contributed by atoms with Crippen molar-refractivity contribution in [2.24, 2.45) is 5.92 Å². The fourth-order valence-corrected chi connectivity index (χ4v) is 5.03. The first-order valence-electron chi connectivity index (χ1n) is 10.4. The van der Waals surface area contributed by atoms with Gasteiger partial charge in [-0.15, -0.1) is 0 Å². The Morgan fingerprint density at radius 3 is 2.86 bits per heavy atom. The number of amides is 1. The number of nitrogens with zero attached hydrogens (tertiary/aromatic N) is 3. The van der Waals surface area contributed by atoms with Gasteiger partial charge in [-0.05, 0) is 75.4 Å². The fraction of sp³-hybridized carbons (Fsp3) is 0.500. The number of likely N-dealkylation sites (tertiary alicyclic amines) is 1. The van der Waals surface area contributed by atoms with E-state index in [1.165, 1.54) is 30.2 Å². The summed E-state index contributed by atoms with van der Waals surface area (Å²) in [6, 6.07) is 5.40. The van der Waals surface area contributed by atoms with E-state index < -0.39 is 0 Å². The van der Waals surface area contributed by atoms with Crippen molar-refractivity contribution in [1.82, 2.24) is 19.6 Å². The van der Waals surface area contributed by atoms with E-state index in [0.29, 0.717) is 16.4 Å². The number of carbonyl (C=O) groups is 1. The fourth-order valence-electron chi connectivity index (χ4n) is 4.09. The zero-order chi connectivity index (χ0) is 20.5. The quantitative estimate of drug-likeness (QED) is 0.653. The Balaban J connectivity index is 1.45. The number of piperidine rings is 1. The van der Waals surface area contributed by atoms with Crippen LogP contribution in [0.3, 0.4) is 0 Å². The van der Waals surface area contributed by atoms with Crippen LogP contribution in [0.4, 0.5) is 0 Å². The monoisotopic (exact) mass is 412 g/mol. The summed E-state index contributed by atoms with van der Waals surface area (Å²) in [5.41, 5.74) is 3.63. The molecular weight excluding hydrogens is 384 g/mol. The van der Waals surface area contributed by atoms with Crippen LogP contribution in [0.15, 0.2) is 23.0 Å². The minimum atomic E-state index is -0.211. The molecule has 154 valence electrons. The van der Waals surface area contributed by atoms with Crippen molar-refractivity contribution in [2.45, 2.75) is 40.0 Å². The number of hydrogen-bond donors (Lipinski definition) is 1. The van der Waals surface area contributed by atoms with Gasteiger partial charge in [-0.2, -0.15) is 0 Å². The Hall–Kier alpha value is -2.25. The van der Waals surface area contributed by atoms with Crippen molar-refractivity contribution in [3.05, 3.63) is 44.6 Å². The Morgan fingerprint density at radius 1 is 1.28 bits per heavy atom. The van der Waals surface area contributed by atoms with Crippen molar-refractivity contribution in [2.75, 3.05) is 26.2 Å². The third-order valence-corrected chi connectivity index (χ3v) is 6.80. The van der Waals surface area contributed by atoms with Crippen molar-refractivity contribution >= 4 is 33.2 Å². The Morgan fingerprint density at radius 2 is 2.07 bits per heavy atom. The first kappa shape index (κ1) is 20.0. The SMILES string of the molecule is Cc1cc2nc3sc(C(=O)NCCCN4CCC[C@@H](C)C4)cc(=O)n3c2cc1C. The Labute approximate surface area is 174 Å². The third-order valence-electron chi connectivity index (χ3n) is 5.82. The van der Waals surface area contributed by atoms with Gasteiger partial charge >= 0.3 is 0 Å². The third kappa shape index (κ3) is 4.21. The van der Waals surface area contributed by atoms with Crippen molar-refractivity contribution in [3.63, 3.8) is 0 Å². The molecule has 1 N–H and O–H groups in total. The van der Waals surface area contributed by atoms with Gasteiger partial charge in [-0.1, -0.05) is 18.3 Å². The summed E-state index contributed by atoms with van der Waals surface area (Å²) in [5, 5.41) is 2.96. The van der Waals surface area contributed by atoms with Gasteiger partial charge in [0.15, 0.2) is 4.96 Å². The van der Waals surface area contributed by atoms with Crippen LogP contribution in [-0.4, -0.2) is 46.4 Å². The summed E-state index contributed by atoms with van der Waals surface area (Å²) in [6.07, 6.45) is 3.50. The highest BCUT2D eigenvalue weighted by atomic mass is 32.1. The molecule has 0 radical (unpaired) electrons. The highest BCUT2D eigenvalue weighted by molar-refractivity contribution is 7.18. The molecule has 1 atom stereocenters. The minimum absolute atomic E-state index is 0.193. The van der Waals surface area contributed by atoms with Crippen molar-refractivity contribution in [1.29, 1.82) is 0 Å². The Kier molecular flexibility index (Phi) is 5.69. The molecule has 0 saturated carbocycles. The van der Waals surface area contributed by atoms with Crippen LogP contribution >= 0.6 is 11.3 Å². The normalized spacial score (nSPS) is 17.8.